The summed E-state index contributed by atoms with van der Waals surface area (Å²) in [7, 11) is 0. The number of fused-ring (bicyclic) bond motifs is 9. The highest BCUT2D eigenvalue weighted by Crippen LogP contribution is 2.44. The molecule has 0 saturated heterocycles. The van der Waals surface area contributed by atoms with Crippen molar-refractivity contribution < 1.29 is 4.42 Å². The van der Waals surface area contributed by atoms with E-state index in [1.54, 1.807) is 0 Å². The first-order chi connectivity index (χ1) is 28.3. The number of aromatic nitrogens is 1. The number of amidine groups is 1. The number of para-hydroxylation sites is 4. The Kier molecular flexibility index (Phi) is 7.24. The summed E-state index contributed by atoms with van der Waals surface area (Å²) >= 11 is 1.84. The lowest BCUT2D eigenvalue weighted by molar-refractivity contribution is 0.411. The van der Waals surface area contributed by atoms with Crippen LogP contribution in [0, 0.1) is 0 Å². The molecule has 0 aliphatic carbocycles. The quantitative estimate of drug-likeness (QED) is 0.184. The standard InChI is InChI=1S/C51H34N4OS/c1-3-14-31(15-4-1)49-52-50(32-16-5-2-6-17-32)54-51(53-49)41-24-12-23-40-37-29-28-33(30-45(37)57-48(40)41)34-20-11-21-38-39-22-13-27-44(47(39)56-46(34)38)55-42-25-9-7-18-35(42)36-19-8-10-26-43(36)55/h1-30,49,51,53H,(H,52,54). The van der Waals surface area contributed by atoms with E-state index in [0.29, 0.717) is 0 Å². The molecule has 0 fully saturated rings. The second-order valence-corrected chi connectivity index (χ2v) is 15.8. The number of hydrogen-bond acceptors (Lipinski definition) is 5. The molecule has 5 nitrogen and oxygen atoms in total. The van der Waals surface area contributed by atoms with Crippen LogP contribution in [0.3, 0.4) is 0 Å². The highest BCUT2D eigenvalue weighted by Gasteiger charge is 2.27. The van der Waals surface area contributed by atoms with Crippen molar-refractivity contribution in [3.63, 3.8) is 0 Å². The Morgan fingerprint density at radius 1 is 0.526 bits per heavy atom. The van der Waals surface area contributed by atoms with E-state index < -0.39 is 0 Å². The number of nitrogens with zero attached hydrogens (tertiary/aromatic N) is 2. The number of rotatable bonds is 5. The first-order valence-corrected chi connectivity index (χ1v) is 20.2. The summed E-state index contributed by atoms with van der Waals surface area (Å²) in [4.78, 5) is 5.14. The molecule has 0 saturated carbocycles. The molecule has 2 atom stereocenters. The summed E-state index contributed by atoms with van der Waals surface area (Å²) in [6.07, 6.45) is -0.337. The molecule has 6 heteroatoms. The predicted molar refractivity (Wildman–Crippen MR) is 238 cm³/mol. The maximum Gasteiger partial charge on any atom is 0.159 e. The molecule has 0 radical (unpaired) electrons. The zero-order valence-corrected chi connectivity index (χ0v) is 31.5. The molecule has 57 heavy (non-hydrogen) atoms. The van der Waals surface area contributed by atoms with Crippen LogP contribution in [0.1, 0.15) is 29.0 Å². The molecular weight excluding hydrogens is 717 g/mol. The topological polar surface area (TPSA) is 54.5 Å². The third-order valence-corrected chi connectivity index (χ3v) is 12.7. The SMILES string of the molecule is c1ccc(C2=NC(c3ccccc3)NC(c3cccc4c3sc3cc(-c5cccc6c5oc5c(-n7c8ccccc8c8ccccc87)cccc56)ccc34)N2)cc1. The van der Waals surface area contributed by atoms with E-state index in [2.05, 4.69) is 191 Å². The van der Waals surface area contributed by atoms with E-state index in [1.165, 1.54) is 47.5 Å². The van der Waals surface area contributed by atoms with Gasteiger partial charge in [0, 0.05) is 58.4 Å². The van der Waals surface area contributed by atoms with Crippen molar-refractivity contribution in [3.8, 4) is 16.8 Å². The third-order valence-electron chi connectivity index (χ3n) is 11.5. The zero-order valence-electron chi connectivity index (χ0n) is 30.7. The van der Waals surface area contributed by atoms with Crippen LogP contribution in [0.2, 0.25) is 0 Å². The second-order valence-electron chi connectivity index (χ2n) is 14.7. The number of nitrogens with one attached hydrogen (secondary N) is 2. The summed E-state index contributed by atoms with van der Waals surface area (Å²) in [6.45, 7) is 0. The Bertz CT molecular complexity index is 3320. The third kappa shape index (κ3) is 5.08. The molecule has 1 aliphatic heterocycles. The van der Waals surface area contributed by atoms with E-state index in [0.717, 1.165) is 55.7 Å². The Morgan fingerprint density at radius 3 is 1.96 bits per heavy atom. The van der Waals surface area contributed by atoms with E-state index in [4.69, 9.17) is 9.41 Å². The van der Waals surface area contributed by atoms with Gasteiger partial charge < -0.3 is 14.3 Å². The molecule has 3 aromatic heterocycles. The minimum Gasteiger partial charge on any atom is -0.453 e. The fourth-order valence-electron chi connectivity index (χ4n) is 8.87. The molecule has 0 spiro atoms. The molecule has 0 amide bonds. The van der Waals surface area contributed by atoms with Crippen LogP contribution >= 0.6 is 11.3 Å². The van der Waals surface area contributed by atoms with Crippen molar-refractivity contribution in [1.29, 1.82) is 0 Å². The number of benzene rings is 8. The van der Waals surface area contributed by atoms with Gasteiger partial charge in [0.15, 0.2) is 5.58 Å². The summed E-state index contributed by atoms with van der Waals surface area (Å²) < 4.78 is 11.9. The molecule has 2 N–H and O–H groups in total. The summed E-state index contributed by atoms with van der Waals surface area (Å²) in [5.41, 5.74) is 10.8. The molecule has 1 aliphatic rings. The van der Waals surface area contributed by atoms with Crippen LogP contribution in [0.4, 0.5) is 0 Å². The van der Waals surface area contributed by atoms with Crippen LogP contribution in [0.5, 0.6) is 0 Å². The normalized spacial score (nSPS) is 15.9. The van der Waals surface area contributed by atoms with Crippen molar-refractivity contribution in [3.05, 3.63) is 199 Å². The van der Waals surface area contributed by atoms with Gasteiger partial charge in [-0.3, -0.25) is 5.32 Å². The van der Waals surface area contributed by atoms with Gasteiger partial charge in [-0.2, -0.15) is 0 Å². The maximum absolute atomic E-state index is 7.01. The van der Waals surface area contributed by atoms with Crippen molar-refractivity contribution in [2.24, 2.45) is 4.99 Å². The van der Waals surface area contributed by atoms with Gasteiger partial charge in [-0.05, 0) is 35.4 Å². The Balaban J connectivity index is 0.980. The van der Waals surface area contributed by atoms with Crippen molar-refractivity contribution in [1.82, 2.24) is 15.2 Å². The van der Waals surface area contributed by atoms with Crippen LogP contribution in [0.15, 0.2) is 191 Å². The summed E-state index contributed by atoms with van der Waals surface area (Å²) in [5, 5.41) is 14.8. The Hall–Kier alpha value is -6.99. The number of aliphatic imine (C=N–C) groups is 1. The minimum absolute atomic E-state index is 0.146. The van der Waals surface area contributed by atoms with Crippen LogP contribution in [-0.4, -0.2) is 10.4 Å². The Morgan fingerprint density at radius 2 is 1.18 bits per heavy atom. The van der Waals surface area contributed by atoms with Gasteiger partial charge in [0.2, 0.25) is 0 Å². The Labute approximate surface area is 332 Å². The fraction of sp³-hybridized carbons (Fsp3) is 0.0392. The second kappa shape index (κ2) is 12.8. The van der Waals surface area contributed by atoms with Gasteiger partial charge in [0.25, 0.3) is 0 Å². The minimum atomic E-state index is -0.191. The number of furan rings is 1. The first-order valence-electron chi connectivity index (χ1n) is 19.4. The smallest absolute Gasteiger partial charge is 0.159 e. The van der Waals surface area contributed by atoms with Crippen molar-refractivity contribution >= 4 is 81.1 Å². The van der Waals surface area contributed by atoms with Gasteiger partial charge in [-0.1, -0.05) is 158 Å². The molecule has 12 rings (SSSR count). The maximum atomic E-state index is 7.01. The zero-order chi connectivity index (χ0) is 37.5. The van der Waals surface area contributed by atoms with Gasteiger partial charge >= 0.3 is 0 Å². The predicted octanol–water partition coefficient (Wildman–Crippen LogP) is 13.1. The monoisotopic (exact) mass is 750 g/mol. The van der Waals surface area contributed by atoms with E-state index in [9.17, 15) is 0 Å². The fourth-order valence-corrected chi connectivity index (χ4v) is 10.2. The summed E-state index contributed by atoms with van der Waals surface area (Å²) in [5.74, 6) is 0.883. The van der Waals surface area contributed by atoms with Crippen LogP contribution < -0.4 is 10.6 Å². The van der Waals surface area contributed by atoms with Gasteiger partial charge in [-0.25, -0.2) is 4.99 Å². The van der Waals surface area contributed by atoms with Gasteiger partial charge in [-0.15, -0.1) is 11.3 Å². The highest BCUT2D eigenvalue weighted by molar-refractivity contribution is 7.26. The lowest BCUT2D eigenvalue weighted by Crippen LogP contribution is -2.45. The molecule has 4 heterocycles. The molecular formula is C51H34N4OS. The van der Waals surface area contributed by atoms with Gasteiger partial charge in [0.1, 0.15) is 23.8 Å². The lowest BCUT2D eigenvalue weighted by atomic mass is 10.00. The number of thiophene rings is 1. The van der Waals surface area contributed by atoms with Crippen LogP contribution in [-0.2, 0) is 0 Å². The van der Waals surface area contributed by atoms with Crippen molar-refractivity contribution in [2.75, 3.05) is 0 Å². The van der Waals surface area contributed by atoms with E-state index in [1.807, 2.05) is 17.4 Å². The summed E-state index contributed by atoms with van der Waals surface area (Å²) in [6, 6.07) is 64.7. The molecule has 11 aromatic rings. The average molecular weight is 751 g/mol. The molecule has 270 valence electrons. The highest BCUT2D eigenvalue weighted by atomic mass is 32.1. The van der Waals surface area contributed by atoms with Gasteiger partial charge in [0.05, 0.1) is 16.7 Å². The molecule has 2 unspecified atom stereocenters. The molecule has 8 aromatic carbocycles. The lowest BCUT2D eigenvalue weighted by Gasteiger charge is -2.32. The number of hydrogen-bond donors (Lipinski definition) is 2. The molecule has 0 bridgehead atoms. The van der Waals surface area contributed by atoms with Crippen LogP contribution in [0.25, 0.3) is 80.7 Å². The average Bonchev–Trinajstić information content (AvgIpc) is 3.96. The first kappa shape index (κ1) is 32.3. The van der Waals surface area contributed by atoms with Crippen molar-refractivity contribution in [2.45, 2.75) is 12.3 Å². The van der Waals surface area contributed by atoms with E-state index in [-0.39, 0.29) is 12.3 Å². The largest absolute Gasteiger partial charge is 0.453 e. The van der Waals surface area contributed by atoms with E-state index >= 15 is 0 Å².